The molecule has 0 fully saturated rings. The van der Waals surface area contributed by atoms with Crippen molar-refractivity contribution >= 4 is 28.6 Å². The summed E-state index contributed by atoms with van der Waals surface area (Å²) in [6.45, 7) is 0. The number of benzene rings is 1. The van der Waals surface area contributed by atoms with Crippen LogP contribution < -0.4 is 0 Å². The third kappa shape index (κ3) is 3.06. The van der Waals surface area contributed by atoms with Crippen LogP contribution in [-0.4, -0.2) is 23.0 Å². The van der Waals surface area contributed by atoms with Gasteiger partial charge in [0.15, 0.2) is 0 Å². The number of ether oxygens (including phenoxy) is 1. The molecule has 0 amide bonds. The number of aromatic amines is 1. The second kappa shape index (κ2) is 5.31. The molecule has 1 N–H and O–H groups in total. The average molecular weight is 342 g/mol. The van der Waals surface area contributed by atoms with Crippen LogP contribution >= 0.6 is 22.6 Å². The number of imidazole rings is 1. The van der Waals surface area contributed by atoms with E-state index in [0.717, 1.165) is 11.4 Å². The maximum absolute atomic E-state index is 11.2. The summed E-state index contributed by atoms with van der Waals surface area (Å²) in [5.41, 5.74) is 1.54. The maximum atomic E-state index is 11.2. The number of H-pyrrole nitrogens is 1. The standard InChI is InChI=1S/C12H11IN2O2/c1-17-12(16)10-7-14-11(15-10)6-8-3-2-4-9(13)5-8/h2-5,7H,6H2,1H3,(H,14,15). The second-order valence-corrected chi connectivity index (χ2v) is 4.79. The van der Waals surface area contributed by atoms with Crippen LogP contribution in [0.15, 0.2) is 30.5 Å². The molecule has 0 spiro atoms. The zero-order valence-electron chi connectivity index (χ0n) is 9.24. The number of hydrogen-bond acceptors (Lipinski definition) is 3. The quantitative estimate of drug-likeness (QED) is 0.688. The first-order valence-corrected chi connectivity index (χ1v) is 6.13. The lowest BCUT2D eigenvalue weighted by Gasteiger charge is -1.99. The number of esters is 1. The first-order chi connectivity index (χ1) is 8.19. The van der Waals surface area contributed by atoms with Gasteiger partial charge in [0.1, 0.15) is 11.5 Å². The molecule has 0 saturated carbocycles. The van der Waals surface area contributed by atoms with E-state index in [1.165, 1.54) is 16.9 Å². The van der Waals surface area contributed by atoms with Crippen LogP contribution in [0.2, 0.25) is 0 Å². The van der Waals surface area contributed by atoms with Crippen molar-refractivity contribution in [3.8, 4) is 0 Å². The molecule has 0 aliphatic rings. The van der Waals surface area contributed by atoms with Gasteiger partial charge in [-0.1, -0.05) is 12.1 Å². The topological polar surface area (TPSA) is 55.0 Å². The van der Waals surface area contributed by atoms with Crippen LogP contribution in [0.5, 0.6) is 0 Å². The largest absolute Gasteiger partial charge is 0.464 e. The van der Waals surface area contributed by atoms with Crippen LogP contribution in [0, 0.1) is 3.57 Å². The molecular weight excluding hydrogens is 331 g/mol. The van der Waals surface area contributed by atoms with E-state index in [9.17, 15) is 4.79 Å². The Morgan fingerprint density at radius 2 is 2.35 bits per heavy atom. The van der Waals surface area contributed by atoms with Gasteiger partial charge in [0.25, 0.3) is 0 Å². The van der Waals surface area contributed by atoms with Crippen molar-refractivity contribution in [2.75, 3.05) is 7.11 Å². The number of carbonyl (C=O) groups is 1. The van der Waals surface area contributed by atoms with E-state index in [-0.39, 0.29) is 0 Å². The van der Waals surface area contributed by atoms with Crippen LogP contribution in [0.3, 0.4) is 0 Å². The summed E-state index contributed by atoms with van der Waals surface area (Å²) in [4.78, 5) is 18.3. The Balaban J connectivity index is 2.14. The molecule has 17 heavy (non-hydrogen) atoms. The van der Waals surface area contributed by atoms with E-state index in [0.29, 0.717) is 12.1 Å². The lowest BCUT2D eigenvalue weighted by molar-refractivity contribution is 0.0594. The lowest BCUT2D eigenvalue weighted by Crippen LogP contribution is -2.01. The summed E-state index contributed by atoms with van der Waals surface area (Å²) in [5.74, 6) is 0.360. The molecule has 0 unspecified atom stereocenters. The van der Waals surface area contributed by atoms with Crippen LogP contribution in [0.4, 0.5) is 0 Å². The van der Waals surface area contributed by atoms with Gasteiger partial charge in [0.2, 0.25) is 0 Å². The van der Waals surface area contributed by atoms with E-state index >= 15 is 0 Å². The summed E-state index contributed by atoms with van der Waals surface area (Å²) in [7, 11) is 1.35. The highest BCUT2D eigenvalue weighted by Gasteiger charge is 2.09. The predicted molar refractivity (Wildman–Crippen MR) is 71.9 cm³/mol. The van der Waals surface area contributed by atoms with Crippen molar-refractivity contribution in [1.29, 1.82) is 0 Å². The fraction of sp³-hybridized carbons (Fsp3) is 0.167. The van der Waals surface area contributed by atoms with E-state index in [2.05, 4.69) is 43.4 Å². The highest BCUT2D eigenvalue weighted by molar-refractivity contribution is 14.1. The van der Waals surface area contributed by atoms with E-state index in [4.69, 9.17) is 0 Å². The first-order valence-electron chi connectivity index (χ1n) is 5.05. The number of nitrogens with one attached hydrogen (secondary N) is 1. The Morgan fingerprint density at radius 1 is 1.53 bits per heavy atom. The van der Waals surface area contributed by atoms with Crippen molar-refractivity contribution in [3.63, 3.8) is 0 Å². The third-order valence-corrected chi connectivity index (χ3v) is 2.97. The van der Waals surface area contributed by atoms with E-state index < -0.39 is 5.97 Å². The normalized spacial score (nSPS) is 10.2. The highest BCUT2D eigenvalue weighted by Crippen LogP contribution is 2.11. The summed E-state index contributed by atoms with van der Waals surface area (Å²) in [6.07, 6.45) is 2.17. The van der Waals surface area contributed by atoms with Gasteiger partial charge < -0.3 is 9.72 Å². The first kappa shape index (κ1) is 12.1. The fourth-order valence-electron chi connectivity index (χ4n) is 1.51. The third-order valence-electron chi connectivity index (χ3n) is 2.29. The van der Waals surface area contributed by atoms with Crippen LogP contribution in [0.25, 0.3) is 0 Å². The van der Waals surface area contributed by atoms with Crippen LogP contribution in [-0.2, 0) is 11.2 Å². The summed E-state index contributed by atoms with van der Waals surface area (Å²) in [6, 6.07) is 8.15. The Bertz CT molecular complexity index is 537. The Labute approximate surface area is 113 Å². The minimum Gasteiger partial charge on any atom is -0.464 e. The van der Waals surface area contributed by atoms with Crippen molar-refractivity contribution < 1.29 is 9.53 Å². The summed E-state index contributed by atoms with van der Waals surface area (Å²) >= 11 is 2.27. The Morgan fingerprint density at radius 3 is 3.06 bits per heavy atom. The average Bonchev–Trinajstić information content (AvgIpc) is 2.76. The van der Waals surface area contributed by atoms with Crippen molar-refractivity contribution in [2.24, 2.45) is 0 Å². The summed E-state index contributed by atoms with van der Waals surface area (Å²) in [5, 5.41) is 0. The Hall–Kier alpha value is -1.37. The smallest absolute Gasteiger partial charge is 0.356 e. The van der Waals surface area contributed by atoms with Gasteiger partial charge in [-0.25, -0.2) is 9.78 Å². The summed E-state index contributed by atoms with van der Waals surface area (Å²) < 4.78 is 5.79. The van der Waals surface area contributed by atoms with E-state index in [1.54, 1.807) is 0 Å². The Kier molecular flexibility index (Phi) is 3.78. The van der Waals surface area contributed by atoms with Crippen molar-refractivity contribution in [3.05, 3.63) is 51.1 Å². The van der Waals surface area contributed by atoms with Crippen LogP contribution in [0.1, 0.15) is 21.9 Å². The molecule has 88 valence electrons. The number of aromatic nitrogens is 2. The molecule has 2 rings (SSSR count). The molecule has 0 bridgehead atoms. The number of hydrogen-bond donors (Lipinski definition) is 1. The number of nitrogens with zero attached hydrogens (tertiary/aromatic N) is 1. The van der Waals surface area contributed by atoms with Gasteiger partial charge in [-0.3, -0.25) is 0 Å². The molecule has 0 atom stereocenters. The van der Waals surface area contributed by atoms with Gasteiger partial charge in [-0.05, 0) is 40.3 Å². The minimum absolute atomic E-state index is 0.383. The number of halogens is 1. The molecule has 2 aromatic rings. The van der Waals surface area contributed by atoms with E-state index in [1.807, 2.05) is 18.2 Å². The fourth-order valence-corrected chi connectivity index (χ4v) is 2.11. The number of methoxy groups -OCH3 is 1. The molecule has 1 heterocycles. The van der Waals surface area contributed by atoms with Gasteiger partial charge >= 0.3 is 5.97 Å². The zero-order valence-corrected chi connectivity index (χ0v) is 11.4. The molecular formula is C12H11IN2O2. The maximum Gasteiger partial charge on any atom is 0.356 e. The SMILES string of the molecule is COC(=O)c1cnc(Cc2cccc(I)c2)[nH]1. The second-order valence-electron chi connectivity index (χ2n) is 3.54. The molecule has 0 aliphatic carbocycles. The molecule has 0 aliphatic heterocycles. The number of carbonyl (C=O) groups excluding carboxylic acids is 1. The van der Waals surface area contributed by atoms with Gasteiger partial charge in [0, 0.05) is 9.99 Å². The number of rotatable bonds is 3. The molecule has 4 nitrogen and oxygen atoms in total. The molecule has 5 heteroatoms. The lowest BCUT2D eigenvalue weighted by atomic mass is 10.1. The molecule has 1 aromatic heterocycles. The minimum atomic E-state index is -0.397. The van der Waals surface area contributed by atoms with Gasteiger partial charge in [0.05, 0.1) is 13.3 Å². The molecule has 0 saturated heterocycles. The monoisotopic (exact) mass is 342 g/mol. The molecule has 1 aromatic carbocycles. The van der Waals surface area contributed by atoms with Crippen molar-refractivity contribution in [2.45, 2.75) is 6.42 Å². The molecule has 0 radical (unpaired) electrons. The zero-order chi connectivity index (χ0) is 12.3. The van der Waals surface area contributed by atoms with Crippen molar-refractivity contribution in [1.82, 2.24) is 9.97 Å². The van der Waals surface area contributed by atoms with Gasteiger partial charge in [-0.15, -0.1) is 0 Å². The predicted octanol–water partition coefficient (Wildman–Crippen LogP) is 2.39. The van der Waals surface area contributed by atoms with Gasteiger partial charge in [-0.2, -0.15) is 0 Å². The highest BCUT2D eigenvalue weighted by atomic mass is 127.